The van der Waals surface area contributed by atoms with Crippen LogP contribution in [0.15, 0.2) is 158 Å². The van der Waals surface area contributed by atoms with Crippen molar-refractivity contribution in [1.82, 2.24) is 9.55 Å². The third-order valence-corrected chi connectivity index (χ3v) is 9.71. The van der Waals surface area contributed by atoms with Crippen LogP contribution in [-0.4, -0.2) is 9.55 Å². The average Bonchev–Trinajstić information content (AvgIpc) is 3.64. The highest BCUT2D eigenvalue weighted by molar-refractivity contribution is 7.26. The van der Waals surface area contributed by atoms with Crippen molar-refractivity contribution in [2.24, 2.45) is 0 Å². The molecule has 3 heterocycles. The molecule has 0 bridgehead atoms. The van der Waals surface area contributed by atoms with Crippen molar-refractivity contribution >= 4 is 53.3 Å². The van der Waals surface area contributed by atoms with Crippen molar-refractivity contribution in [3.8, 4) is 39.3 Å². The number of pyridine rings is 1. The minimum atomic E-state index is 0.980. The van der Waals surface area contributed by atoms with Crippen LogP contribution in [0.5, 0.6) is 0 Å². The molecule has 9 aromatic rings. The third kappa shape index (κ3) is 3.98. The van der Waals surface area contributed by atoms with E-state index in [-0.39, 0.29) is 0 Å². The highest BCUT2D eigenvalue weighted by atomic mass is 32.1. The van der Waals surface area contributed by atoms with Crippen LogP contribution < -0.4 is 0 Å². The van der Waals surface area contributed by atoms with E-state index in [2.05, 4.69) is 156 Å². The Hall–Kier alpha value is -5.51. The zero-order valence-electron chi connectivity index (χ0n) is 23.8. The number of benzene rings is 6. The molecule has 0 atom stereocenters. The molecule has 0 saturated heterocycles. The Morgan fingerprint density at radius 1 is 0.432 bits per heavy atom. The molecule has 44 heavy (non-hydrogen) atoms. The quantitative estimate of drug-likeness (QED) is 0.203. The lowest BCUT2D eigenvalue weighted by molar-refractivity contribution is 1.18. The van der Waals surface area contributed by atoms with Gasteiger partial charge in [0.1, 0.15) is 0 Å². The molecule has 0 aliphatic heterocycles. The van der Waals surface area contributed by atoms with Crippen molar-refractivity contribution in [1.29, 1.82) is 0 Å². The fraction of sp³-hybridized carbons (Fsp3) is 0. The van der Waals surface area contributed by atoms with Crippen LogP contribution in [0.4, 0.5) is 0 Å². The number of hydrogen-bond donors (Lipinski definition) is 0. The number of aromatic nitrogens is 2. The van der Waals surface area contributed by atoms with E-state index in [9.17, 15) is 0 Å². The van der Waals surface area contributed by atoms with E-state index >= 15 is 0 Å². The van der Waals surface area contributed by atoms with Crippen molar-refractivity contribution in [3.63, 3.8) is 0 Å². The van der Waals surface area contributed by atoms with Gasteiger partial charge in [-0.15, -0.1) is 11.3 Å². The number of fused-ring (bicyclic) bond motifs is 6. The molecule has 0 radical (unpaired) electrons. The molecule has 0 aliphatic carbocycles. The van der Waals surface area contributed by atoms with Gasteiger partial charge in [-0.05, 0) is 71.8 Å². The molecule has 0 unspecified atom stereocenters. The van der Waals surface area contributed by atoms with E-state index in [1.807, 2.05) is 17.4 Å². The van der Waals surface area contributed by atoms with E-state index in [0.717, 1.165) is 22.5 Å². The molecule has 0 aliphatic rings. The number of para-hydroxylation sites is 2. The summed E-state index contributed by atoms with van der Waals surface area (Å²) in [5.41, 5.74) is 10.3. The lowest BCUT2D eigenvalue weighted by Crippen LogP contribution is -1.93. The fourth-order valence-corrected chi connectivity index (χ4v) is 7.76. The predicted molar refractivity (Wildman–Crippen MR) is 188 cm³/mol. The first-order chi connectivity index (χ1) is 21.8. The van der Waals surface area contributed by atoms with Crippen LogP contribution >= 0.6 is 11.3 Å². The van der Waals surface area contributed by atoms with Crippen LogP contribution in [0.1, 0.15) is 0 Å². The Kier molecular flexibility index (Phi) is 5.71. The minimum Gasteiger partial charge on any atom is -0.309 e. The molecule has 0 spiro atoms. The van der Waals surface area contributed by atoms with E-state index in [0.29, 0.717) is 0 Å². The standard InChI is InChI=1S/C41H26N2S/c1-3-12-27(13-4-1)35-18-11-19-36(42-35)29-25-33(41-32-17-8-10-21-39(32)44-40(41)26-29)28-22-23-38-34(24-28)31-16-7-9-20-37(31)43(38)30-14-5-2-6-15-30/h1-26H. The Labute approximate surface area is 259 Å². The average molecular weight is 579 g/mol. The summed E-state index contributed by atoms with van der Waals surface area (Å²) in [6, 6.07) is 56.5. The van der Waals surface area contributed by atoms with Gasteiger partial charge in [0.15, 0.2) is 0 Å². The maximum atomic E-state index is 5.14. The molecule has 6 aromatic carbocycles. The normalized spacial score (nSPS) is 11.6. The second-order valence-corrected chi connectivity index (χ2v) is 12.3. The third-order valence-electron chi connectivity index (χ3n) is 8.59. The lowest BCUT2D eigenvalue weighted by atomic mass is 9.95. The molecule has 0 fully saturated rings. The predicted octanol–water partition coefficient (Wildman–Crippen LogP) is 11.5. The topological polar surface area (TPSA) is 17.8 Å². The Morgan fingerprint density at radius 3 is 1.95 bits per heavy atom. The first kappa shape index (κ1) is 25.0. The van der Waals surface area contributed by atoms with Gasteiger partial charge >= 0.3 is 0 Å². The molecule has 3 aromatic heterocycles. The van der Waals surface area contributed by atoms with E-state index in [1.54, 1.807) is 0 Å². The minimum absolute atomic E-state index is 0.980. The van der Waals surface area contributed by atoms with Gasteiger partial charge in [-0.25, -0.2) is 4.98 Å². The van der Waals surface area contributed by atoms with Gasteiger partial charge in [0.05, 0.1) is 22.4 Å². The Bertz CT molecular complexity index is 2490. The summed E-state index contributed by atoms with van der Waals surface area (Å²) in [4.78, 5) is 5.14. The first-order valence-electron chi connectivity index (χ1n) is 14.9. The summed E-state index contributed by atoms with van der Waals surface area (Å²) < 4.78 is 4.95. The van der Waals surface area contributed by atoms with Crippen LogP contribution in [0.3, 0.4) is 0 Å². The summed E-state index contributed by atoms with van der Waals surface area (Å²) in [6.45, 7) is 0. The van der Waals surface area contributed by atoms with Gasteiger partial charge < -0.3 is 4.57 Å². The van der Waals surface area contributed by atoms with Crippen molar-refractivity contribution in [3.05, 3.63) is 158 Å². The van der Waals surface area contributed by atoms with Gasteiger partial charge in [0.25, 0.3) is 0 Å². The van der Waals surface area contributed by atoms with Crippen LogP contribution in [-0.2, 0) is 0 Å². The van der Waals surface area contributed by atoms with Crippen LogP contribution in [0.25, 0.3) is 81.3 Å². The molecular weight excluding hydrogens is 553 g/mol. The molecular formula is C41H26N2S. The van der Waals surface area contributed by atoms with Crippen LogP contribution in [0.2, 0.25) is 0 Å². The summed E-state index contributed by atoms with van der Waals surface area (Å²) in [6.07, 6.45) is 0. The van der Waals surface area contributed by atoms with Gasteiger partial charge in [0, 0.05) is 47.8 Å². The van der Waals surface area contributed by atoms with Gasteiger partial charge in [-0.1, -0.05) is 97.1 Å². The largest absolute Gasteiger partial charge is 0.309 e. The van der Waals surface area contributed by atoms with Crippen molar-refractivity contribution in [2.75, 3.05) is 0 Å². The van der Waals surface area contributed by atoms with Gasteiger partial charge in [0.2, 0.25) is 0 Å². The number of hydrogen-bond acceptors (Lipinski definition) is 2. The van der Waals surface area contributed by atoms with Gasteiger partial charge in [-0.3, -0.25) is 0 Å². The zero-order chi connectivity index (χ0) is 29.0. The molecule has 206 valence electrons. The molecule has 0 amide bonds. The molecule has 0 saturated carbocycles. The maximum absolute atomic E-state index is 5.14. The molecule has 2 nitrogen and oxygen atoms in total. The molecule has 3 heteroatoms. The SMILES string of the molecule is c1ccc(-c2cccc(-c3cc(-c4ccc5c(c4)c4ccccc4n5-c4ccccc4)c4c(c3)sc3ccccc34)n2)cc1. The number of nitrogens with zero attached hydrogens (tertiary/aromatic N) is 2. The monoisotopic (exact) mass is 578 g/mol. The second kappa shape index (κ2) is 10.0. The first-order valence-corrected chi connectivity index (χ1v) is 15.7. The number of rotatable bonds is 4. The van der Waals surface area contributed by atoms with E-state index in [4.69, 9.17) is 4.98 Å². The maximum Gasteiger partial charge on any atom is 0.0710 e. The summed E-state index contributed by atoms with van der Waals surface area (Å²) in [7, 11) is 0. The van der Waals surface area contributed by atoms with Crippen molar-refractivity contribution in [2.45, 2.75) is 0 Å². The van der Waals surface area contributed by atoms with E-state index in [1.165, 1.54) is 58.8 Å². The van der Waals surface area contributed by atoms with Crippen molar-refractivity contribution < 1.29 is 0 Å². The number of thiophene rings is 1. The zero-order valence-corrected chi connectivity index (χ0v) is 24.6. The highest BCUT2D eigenvalue weighted by Gasteiger charge is 2.17. The Morgan fingerprint density at radius 2 is 1.11 bits per heavy atom. The molecule has 9 rings (SSSR count). The van der Waals surface area contributed by atoms with Crippen LogP contribution in [0, 0.1) is 0 Å². The second-order valence-electron chi connectivity index (χ2n) is 11.2. The summed E-state index contributed by atoms with van der Waals surface area (Å²) in [5, 5.41) is 5.11. The molecule has 0 N–H and O–H groups in total. The fourth-order valence-electron chi connectivity index (χ4n) is 6.59. The highest BCUT2D eigenvalue weighted by Crippen LogP contribution is 2.44. The van der Waals surface area contributed by atoms with E-state index < -0.39 is 0 Å². The summed E-state index contributed by atoms with van der Waals surface area (Å²) in [5.74, 6) is 0. The lowest BCUT2D eigenvalue weighted by Gasteiger charge is -2.11. The smallest absolute Gasteiger partial charge is 0.0710 e. The summed E-state index contributed by atoms with van der Waals surface area (Å²) >= 11 is 1.86. The van der Waals surface area contributed by atoms with Gasteiger partial charge in [-0.2, -0.15) is 0 Å². The Balaban J connectivity index is 1.31.